The number of hydrogen-bond donors (Lipinski definition) is 2. The molecule has 0 saturated carbocycles. The first kappa shape index (κ1) is 19.5. The van der Waals surface area contributed by atoms with E-state index in [1.54, 1.807) is 0 Å². The van der Waals surface area contributed by atoms with Gasteiger partial charge in [0.05, 0.1) is 5.92 Å². The maximum Gasteiger partial charge on any atom is 0.225 e. The number of benzene rings is 1. The number of likely N-dealkylation sites (tertiary alicyclic amines) is 1. The zero-order chi connectivity index (χ0) is 19.2. The van der Waals surface area contributed by atoms with Gasteiger partial charge in [-0.25, -0.2) is 0 Å². The maximum atomic E-state index is 12.3. The van der Waals surface area contributed by atoms with Crippen molar-refractivity contribution in [2.75, 3.05) is 19.6 Å². The van der Waals surface area contributed by atoms with Gasteiger partial charge in [-0.3, -0.25) is 9.59 Å². The lowest BCUT2D eigenvalue weighted by Crippen LogP contribution is -2.34. The van der Waals surface area contributed by atoms with Gasteiger partial charge in [-0.05, 0) is 37.5 Å². The van der Waals surface area contributed by atoms with Crippen molar-refractivity contribution in [2.24, 2.45) is 5.92 Å². The van der Waals surface area contributed by atoms with Gasteiger partial charge in [0.2, 0.25) is 11.8 Å². The van der Waals surface area contributed by atoms with E-state index in [0.717, 1.165) is 31.3 Å². The highest BCUT2D eigenvalue weighted by Gasteiger charge is 2.33. The molecule has 2 amide bonds. The molecule has 2 heterocycles. The van der Waals surface area contributed by atoms with Crippen LogP contribution in [0.3, 0.4) is 0 Å². The van der Waals surface area contributed by atoms with Gasteiger partial charge in [-0.2, -0.15) is 0 Å². The largest absolute Gasteiger partial charge is 0.361 e. The molecular weight excluding hydrogens is 338 g/mol. The number of amides is 2. The van der Waals surface area contributed by atoms with Crippen molar-refractivity contribution in [3.8, 4) is 0 Å². The van der Waals surface area contributed by atoms with E-state index in [-0.39, 0.29) is 17.7 Å². The molecule has 1 aromatic heterocycles. The van der Waals surface area contributed by atoms with Gasteiger partial charge in [0.15, 0.2) is 0 Å². The second-order valence-corrected chi connectivity index (χ2v) is 7.71. The van der Waals surface area contributed by atoms with Crippen LogP contribution in [-0.4, -0.2) is 41.3 Å². The van der Waals surface area contributed by atoms with Crippen molar-refractivity contribution >= 4 is 22.7 Å². The Morgan fingerprint density at radius 2 is 2.15 bits per heavy atom. The zero-order valence-corrected chi connectivity index (χ0v) is 16.5. The van der Waals surface area contributed by atoms with E-state index in [1.807, 2.05) is 11.1 Å². The SMILES string of the molecule is CCCCCCNC(=O)[C@@H]1CC(=O)N(CCc2c[nH]c3ccc(C)cc23)C1. The molecular formula is C22H31N3O2. The van der Waals surface area contributed by atoms with Crippen LogP contribution in [0.5, 0.6) is 0 Å². The number of aromatic amines is 1. The van der Waals surface area contributed by atoms with Crippen molar-refractivity contribution in [1.82, 2.24) is 15.2 Å². The fourth-order valence-corrected chi connectivity index (χ4v) is 3.83. The first-order chi connectivity index (χ1) is 13.1. The minimum atomic E-state index is -0.200. The molecule has 0 bridgehead atoms. The van der Waals surface area contributed by atoms with E-state index in [0.29, 0.717) is 19.5 Å². The number of fused-ring (bicyclic) bond motifs is 1. The predicted octanol–water partition coefficient (Wildman–Crippen LogP) is 3.56. The molecule has 0 unspecified atom stereocenters. The Kier molecular flexibility index (Phi) is 6.54. The van der Waals surface area contributed by atoms with Crippen LogP contribution in [0.25, 0.3) is 10.9 Å². The topological polar surface area (TPSA) is 65.2 Å². The van der Waals surface area contributed by atoms with Gasteiger partial charge in [-0.1, -0.05) is 37.8 Å². The molecule has 5 heteroatoms. The molecule has 1 atom stereocenters. The second-order valence-electron chi connectivity index (χ2n) is 7.71. The van der Waals surface area contributed by atoms with E-state index in [4.69, 9.17) is 0 Å². The Balaban J connectivity index is 1.49. The minimum Gasteiger partial charge on any atom is -0.361 e. The molecule has 2 N–H and O–H groups in total. The van der Waals surface area contributed by atoms with Crippen molar-refractivity contribution in [3.63, 3.8) is 0 Å². The summed E-state index contributed by atoms with van der Waals surface area (Å²) in [7, 11) is 0. The summed E-state index contributed by atoms with van der Waals surface area (Å²) in [4.78, 5) is 29.8. The number of unbranched alkanes of at least 4 members (excludes halogenated alkanes) is 3. The van der Waals surface area contributed by atoms with Crippen LogP contribution in [-0.2, 0) is 16.0 Å². The molecule has 1 saturated heterocycles. The molecule has 2 aromatic rings. The van der Waals surface area contributed by atoms with E-state index >= 15 is 0 Å². The Morgan fingerprint density at radius 1 is 1.30 bits per heavy atom. The van der Waals surface area contributed by atoms with Gasteiger partial charge in [0, 0.05) is 43.2 Å². The van der Waals surface area contributed by atoms with E-state index in [2.05, 4.69) is 42.3 Å². The summed E-state index contributed by atoms with van der Waals surface area (Å²) < 4.78 is 0. The first-order valence-corrected chi connectivity index (χ1v) is 10.2. The first-order valence-electron chi connectivity index (χ1n) is 10.2. The van der Waals surface area contributed by atoms with Crippen LogP contribution >= 0.6 is 0 Å². The average Bonchev–Trinajstić information content (AvgIpc) is 3.22. The van der Waals surface area contributed by atoms with Crippen molar-refractivity contribution in [2.45, 2.75) is 52.4 Å². The smallest absolute Gasteiger partial charge is 0.225 e. The molecule has 5 nitrogen and oxygen atoms in total. The summed E-state index contributed by atoms with van der Waals surface area (Å²) in [5.41, 5.74) is 3.59. The van der Waals surface area contributed by atoms with Gasteiger partial charge >= 0.3 is 0 Å². The highest BCUT2D eigenvalue weighted by atomic mass is 16.2. The number of H-pyrrole nitrogens is 1. The second kappa shape index (κ2) is 9.07. The van der Waals surface area contributed by atoms with Crippen LogP contribution in [0.1, 0.15) is 50.2 Å². The van der Waals surface area contributed by atoms with Crippen LogP contribution in [0.15, 0.2) is 24.4 Å². The number of aryl methyl sites for hydroxylation is 1. The van der Waals surface area contributed by atoms with Crippen LogP contribution in [0, 0.1) is 12.8 Å². The molecule has 0 aliphatic carbocycles. The van der Waals surface area contributed by atoms with Crippen LogP contribution in [0.4, 0.5) is 0 Å². The van der Waals surface area contributed by atoms with Gasteiger partial charge in [-0.15, -0.1) is 0 Å². The van der Waals surface area contributed by atoms with Gasteiger partial charge < -0.3 is 15.2 Å². The van der Waals surface area contributed by atoms with E-state index in [9.17, 15) is 9.59 Å². The number of carbonyl (C=O) groups is 2. The number of nitrogens with zero attached hydrogens (tertiary/aromatic N) is 1. The van der Waals surface area contributed by atoms with Crippen LogP contribution < -0.4 is 5.32 Å². The molecule has 0 spiro atoms. The summed E-state index contributed by atoms with van der Waals surface area (Å²) in [6, 6.07) is 6.37. The molecule has 3 rings (SSSR count). The number of hydrogen-bond acceptors (Lipinski definition) is 2. The molecule has 1 aliphatic rings. The summed E-state index contributed by atoms with van der Waals surface area (Å²) >= 11 is 0. The molecule has 1 aromatic carbocycles. The van der Waals surface area contributed by atoms with Crippen LogP contribution in [0.2, 0.25) is 0 Å². The quantitative estimate of drug-likeness (QED) is 0.664. The lowest BCUT2D eigenvalue weighted by Gasteiger charge is -2.16. The van der Waals surface area contributed by atoms with Gasteiger partial charge in [0.25, 0.3) is 0 Å². The lowest BCUT2D eigenvalue weighted by atomic mass is 10.1. The highest BCUT2D eigenvalue weighted by Crippen LogP contribution is 2.22. The summed E-state index contributed by atoms with van der Waals surface area (Å²) in [5.74, 6) is -0.0730. The molecule has 27 heavy (non-hydrogen) atoms. The summed E-state index contributed by atoms with van der Waals surface area (Å²) in [6.45, 7) is 6.19. The van der Waals surface area contributed by atoms with Crippen molar-refractivity contribution in [3.05, 3.63) is 35.5 Å². The van der Waals surface area contributed by atoms with Crippen molar-refractivity contribution in [1.29, 1.82) is 0 Å². The number of aromatic nitrogens is 1. The fraction of sp³-hybridized carbons (Fsp3) is 0.545. The zero-order valence-electron chi connectivity index (χ0n) is 16.5. The molecule has 0 radical (unpaired) electrons. The average molecular weight is 370 g/mol. The van der Waals surface area contributed by atoms with E-state index in [1.165, 1.54) is 29.4 Å². The standard InChI is InChI=1S/C22H31N3O2/c1-3-4-5-6-10-23-22(27)18-13-21(26)25(15-18)11-9-17-14-24-20-8-7-16(2)12-19(17)20/h7-8,12,14,18,24H,3-6,9-11,13,15H2,1-2H3,(H,23,27)/t18-/m1/s1. The minimum absolute atomic E-state index is 0.0325. The van der Waals surface area contributed by atoms with E-state index < -0.39 is 0 Å². The third kappa shape index (κ3) is 4.90. The number of nitrogens with one attached hydrogen (secondary N) is 2. The summed E-state index contributed by atoms with van der Waals surface area (Å²) in [6.07, 6.45) is 7.75. The summed E-state index contributed by atoms with van der Waals surface area (Å²) in [5, 5.41) is 4.23. The number of rotatable bonds is 9. The predicted molar refractivity (Wildman–Crippen MR) is 109 cm³/mol. The normalized spacial score (nSPS) is 17.0. The Bertz CT molecular complexity index is 796. The molecule has 1 fully saturated rings. The number of carbonyl (C=O) groups excluding carboxylic acids is 2. The Labute approximate surface area is 161 Å². The lowest BCUT2D eigenvalue weighted by molar-refractivity contribution is -0.129. The Morgan fingerprint density at radius 3 is 2.96 bits per heavy atom. The van der Waals surface area contributed by atoms with Gasteiger partial charge in [0.1, 0.15) is 0 Å². The maximum absolute atomic E-state index is 12.3. The Hall–Kier alpha value is -2.30. The molecule has 146 valence electrons. The third-order valence-electron chi connectivity index (χ3n) is 5.49. The van der Waals surface area contributed by atoms with Crippen molar-refractivity contribution < 1.29 is 9.59 Å². The highest BCUT2D eigenvalue weighted by molar-refractivity contribution is 5.89. The fourth-order valence-electron chi connectivity index (χ4n) is 3.83. The molecule has 1 aliphatic heterocycles. The third-order valence-corrected chi connectivity index (χ3v) is 5.49. The monoisotopic (exact) mass is 369 g/mol.